The number of amides is 1. The average Bonchev–Trinajstić information content (AvgIpc) is 3.24. The first kappa shape index (κ1) is 19.3. The fourth-order valence-corrected chi connectivity index (χ4v) is 3.57. The summed E-state index contributed by atoms with van der Waals surface area (Å²) >= 11 is 6.22. The second kappa shape index (κ2) is 7.79. The number of nitrogens with zero attached hydrogens (tertiary/aromatic N) is 2. The molecule has 0 unspecified atom stereocenters. The summed E-state index contributed by atoms with van der Waals surface area (Å²) in [6, 6.07) is 15.0. The number of aromatic nitrogens is 2. The van der Waals surface area contributed by atoms with E-state index < -0.39 is 0 Å². The van der Waals surface area contributed by atoms with Crippen molar-refractivity contribution in [1.29, 1.82) is 0 Å². The van der Waals surface area contributed by atoms with Gasteiger partial charge in [-0.05, 0) is 31.5 Å². The summed E-state index contributed by atoms with van der Waals surface area (Å²) in [5.41, 5.74) is 1.74. The van der Waals surface area contributed by atoms with Crippen molar-refractivity contribution in [2.45, 2.75) is 32.4 Å². The monoisotopic (exact) mass is 411 g/mol. The van der Waals surface area contributed by atoms with Crippen LogP contribution in [0, 0.1) is 0 Å². The normalized spacial score (nSPS) is 14.2. The Morgan fingerprint density at radius 2 is 2.07 bits per heavy atom. The highest BCUT2D eigenvalue weighted by molar-refractivity contribution is 6.31. The van der Waals surface area contributed by atoms with Gasteiger partial charge in [0, 0.05) is 23.1 Å². The molecule has 0 saturated carbocycles. The zero-order chi connectivity index (χ0) is 20.4. The fourth-order valence-electron chi connectivity index (χ4n) is 3.38. The van der Waals surface area contributed by atoms with Crippen LogP contribution >= 0.6 is 11.6 Å². The lowest BCUT2D eigenvalue weighted by Crippen LogP contribution is -2.25. The number of anilines is 1. The van der Waals surface area contributed by atoms with Gasteiger partial charge in [-0.1, -0.05) is 41.9 Å². The van der Waals surface area contributed by atoms with Crippen molar-refractivity contribution in [3.63, 3.8) is 0 Å². The Bertz CT molecular complexity index is 1050. The molecule has 0 aliphatic carbocycles. The van der Waals surface area contributed by atoms with Crippen LogP contribution < -0.4 is 14.8 Å². The summed E-state index contributed by atoms with van der Waals surface area (Å²) in [4.78, 5) is 12.4. The van der Waals surface area contributed by atoms with Gasteiger partial charge in [0.25, 0.3) is 5.91 Å². The molecule has 0 radical (unpaired) electrons. The van der Waals surface area contributed by atoms with E-state index in [9.17, 15) is 4.79 Å². The largest absolute Gasteiger partial charge is 0.483 e. The molecule has 150 valence electrons. The Morgan fingerprint density at radius 1 is 1.24 bits per heavy atom. The molecule has 6 nitrogen and oxygen atoms in total. The molecule has 29 heavy (non-hydrogen) atoms. The maximum absolute atomic E-state index is 12.4. The van der Waals surface area contributed by atoms with Crippen molar-refractivity contribution in [2.75, 3.05) is 11.9 Å². The van der Waals surface area contributed by atoms with Gasteiger partial charge in [0.2, 0.25) is 0 Å². The molecule has 0 bridgehead atoms. The van der Waals surface area contributed by atoms with Crippen LogP contribution in [0.15, 0.2) is 54.7 Å². The topological polar surface area (TPSA) is 65.4 Å². The number of carbonyl (C=O) groups is 1. The summed E-state index contributed by atoms with van der Waals surface area (Å²) in [6.07, 6.45) is 2.44. The number of rotatable bonds is 6. The Kier molecular flexibility index (Phi) is 5.20. The molecule has 1 N–H and O–H groups in total. The van der Waals surface area contributed by atoms with Crippen molar-refractivity contribution in [3.8, 4) is 11.5 Å². The van der Waals surface area contributed by atoms with Gasteiger partial charge in [0.15, 0.2) is 18.1 Å². The molecule has 4 rings (SSSR count). The second-order valence-corrected chi connectivity index (χ2v) is 7.99. The average molecular weight is 412 g/mol. The van der Waals surface area contributed by atoms with Gasteiger partial charge >= 0.3 is 0 Å². The van der Waals surface area contributed by atoms with Gasteiger partial charge in [0.05, 0.1) is 12.7 Å². The minimum Gasteiger partial charge on any atom is -0.483 e. The number of halogens is 1. The predicted octanol–water partition coefficient (Wildman–Crippen LogP) is 4.32. The van der Waals surface area contributed by atoms with Crippen LogP contribution in [0.4, 0.5) is 5.82 Å². The fraction of sp³-hybridized carbons (Fsp3) is 0.273. The van der Waals surface area contributed by atoms with Crippen molar-refractivity contribution >= 4 is 23.3 Å². The Hall–Kier alpha value is -2.99. The van der Waals surface area contributed by atoms with Gasteiger partial charge in [-0.2, -0.15) is 5.10 Å². The molecule has 1 amide bonds. The Balaban J connectivity index is 1.39. The zero-order valence-corrected chi connectivity index (χ0v) is 17.1. The molecule has 0 fully saturated rings. The van der Waals surface area contributed by atoms with Gasteiger partial charge in [-0.3, -0.25) is 4.79 Å². The molecule has 0 saturated heterocycles. The van der Waals surface area contributed by atoms with Crippen LogP contribution in [-0.4, -0.2) is 27.9 Å². The maximum Gasteiger partial charge on any atom is 0.263 e. The molecule has 0 spiro atoms. The minimum absolute atomic E-state index is 0.127. The highest BCUT2D eigenvalue weighted by atomic mass is 35.5. The minimum atomic E-state index is -0.277. The standard InChI is InChI=1S/C22H22ClN3O3/c1-22(2)12-15-7-5-9-18(21(15)29-22)28-14-20(27)25-19-10-11-24-26(19)13-16-6-3-4-8-17(16)23/h3-11H,12-14H2,1-2H3,(H,25,27). The van der Waals surface area contributed by atoms with E-state index in [1.54, 1.807) is 16.9 Å². The molecule has 2 heterocycles. The van der Waals surface area contributed by atoms with Gasteiger partial charge in [-0.15, -0.1) is 0 Å². The SMILES string of the molecule is CC1(C)Cc2cccc(OCC(=O)Nc3ccnn3Cc3ccccc3Cl)c2O1. The molecule has 1 aliphatic rings. The lowest BCUT2D eigenvalue weighted by molar-refractivity contribution is -0.118. The molecule has 1 aromatic heterocycles. The third kappa shape index (κ3) is 4.38. The van der Waals surface area contributed by atoms with E-state index in [4.69, 9.17) is 21.1 Å². The molecular weight excluding hydrogens is 390 g/mol. The second-order valence-electron chi connectivity index (χ2n) is 7.59. The van der Waals surface area contributed by atoms with E-state index in [1.807, 2.05) is 56.3 Å². The molecule has 7 heteroatoms. The quantitative estimate of drug-likeness (QED) is 0.656. The van der Waals surface area contributed by atoms with E-state index in [0.29, 0.717) is 28.9 Å². The van der Waals surface area contributed by atoms with Crippen molar-refractivity contribution in [2.24, 2.45) is 0 Å². The Morgan fingerprint density at radius 3 is 2.90 bits per heavy atom. The Labute approximate surface area is 174 Å². The first-order chi connectivity index (χ1) is 13.9. The first-order valence-corrected chi connectivity index (χ1v) is 9.78. The van der Waals surface area contributed by atoms with Crippen LogP contribution in [0.3, 0.4) is 0 Å². The summed E-state index contributed by atoms with van der Waals surface area (Å²) in [7, 11) is 0. The van der Waals surface area contributed by atoms with Crippen LogP contribution in [-0.2, 0) is 17.8 Å². The van der Waals surface area contributed by atoms with E-state index >= 15 is 0 Å². The maximum atomic E-state index is 12.4. The number of ether oxygens (including phenoxy) is 2. The van der Waals surface area contributed by atoms with E-state index in [0.717, 1.165) is 17.5 Å². The summed E-state index contributed by atoms with van der Waals surface area (Å²) < 4.78 is 13.4. The lowest BCUT2D eigenvalue weighted by Gasteiger charge is -2.18. The molecule has 3 aromatic rings. The number of benzene rings is 2. The van der Waals surface area contributed by atoms with Crippen LogP contribution in [0.5, 0.6) is 11.5 Å². The van der Waals surface area contributed by atoms with Gasteiger partial charge in [0.1, 0.15) is 11.4 Å². The molecule has 2 aromatic carbocycles. The van der Waals surface area contributed by atoms with Gasteiger partial charge in [-0.25, -0.2) is 4.68 Å². The third-order valence-electron chi connectivity index (χ3n) is 4.68. The molecule has 0 atom stereocenters. The molecule has 1 aliphatic heterocycles. The van der Waals surface area contributed by atoms with Crippen LogP contribution in [0.1, 0.15) is 25.0 Å². The predicted molar refractivity (Wildman–Crippen MR) is 112 cm³/mol. The van der Waals surface area contributed by atoms with Crippen molar-refractivity contribution < 1.29 is 14.3 Å². The van der Waals surface area contributed by atoms with E-state index in [-0.39, 0.29) is 18.1 Å². The van der Waals surface area contributed by atoms with Crippen molar-refractivity contribution in [3.05, 3.63) is 70.9 Å². The highest BCUT2D eigenvalue weighted by Gasteiger charge is 2.32. The van der Waals surface area contributed by atoms with Crippen molar-refractivity contribution in [1.82, 2.24) is 9.78 Å². The molecular formula is C22H22ClN3O3. The number of hydrogen-bond donors (Lipinski definition) is 1. The summed E-state index contributed by atoms with van der Waals surface area (Å²) in [5.74, 6) is 1.59. The highest BCUT2D eigenvalue weighted by Crippen LogP contribution is 2.41. The first-order valence-electron chi connectivity index (χ1n) is 9.40. The number of carbonyl (C=O) groups excluding carboxylic acids is 1. The van der Waals surface area contributed by atoms with E-state index in [2.05, 4.69) is 10.4 Å². The summed E-state index contributed by atoms with van der Waals surface area (Å²) in [6.45, 7) is 4.39. The van der Waals surface area contributed by atoms with Crippen LogP contribution in [0.25, 0.3) is 0 Å². The lowest BCUT2D eigenvalue weighted by atomic mass is 10.0. The number of nitrogens with one attached hydrogen (secondary N) is 1. The van der Waals surface area contributed by atoms with Gasteiger partial charge < -0.3 is 14.8 Å². The zero-order valence-electron chi connectivity index (χ0n) is 16.3. The smallest absolute Gasteiger partial charge is 0.263 e. The third-order valence-corrected chi connectivity index (χ3v) is 5.04. The number of para-hydroxylation sites is 1. The number of fused-ring (bicyclic) bond motifs is 1. The summed E-state index contributed by atoms with van der Waals surface area (Å²) in [5, 5.41) is 7.76. The van der Waals surface area contributed by atoms with Crippen LogP contribution in [0.2, 0.25) is 5.02 Å². The van der Waals surface area contributed by atoms with E-state index in [1.165, 1.54) is 0 Å². The number of hydrogen-bond acceptors (Lipinski definition) is 4.